The van der Waals surface area contributed by atoms with Crippen LogP contribution in [0.1, 0.15) is 58.8 Å². The van der Waals surface area contributed by atoms with Crippen molar-refractivity contribution < 1.29 is 0 Å². The van der Waals surface area contributed by atoms with Crippen LogP contribution in [-0.2, 0) is 0 Å². The molecule has 2 unspecified atom stereocenters. The van der Waals surface area contributed by atoms with Crippen LogP contribution >= 0.6 is 0 Å². The van der Waals surface area contributed by atoms with Gasteiger partial charge in [-0.25, -0.2) is 0 Å². The van der Waals surface area contributed by atoms with Gasteiger partial charge in [0.15, 0.2) is 0 Å². The van der Waals surface area contributed by atoms with E-state index in [2.05, 4.69) is 25.1 Å². The zero-order valence-electron chi connectivity index (χ0n) is 11.7. The lowest BCUT2D eigenvalue weighted by atomic mass is 9.84. The molecule has 1 aliphatic rings. The lowest BCUT2D eigenvalue weighted by Gasteiger charge is -2.25. The summed E-state index contributed by atoms with van der Waals surface area (Å²) in [5.41, 5.74) is 0. The fourth-order valence-electron chi connectivity index (χ4n) is 2.94. The van der Waals surface area contributed by atoms with E-state index in [9.17, 15) is 0 Å². The van der Waals surface area contributed by atoms with Crippen LogP contribution in [0.4, 0.5) is 0 Å². The first-order valence-electron chi connectivity index (χ1n) is 7.38. The average Bonchev–Trinajstić information content (AvgIpc) is 2.51. The Bertz CT molecular complexity index is 226. The molecule has 1 rings (SSSR count). The molecule has 1 heteroatoms. The van der Waals surface area contributed by atoms with E-state index in [1.165, 1.54) is 45.1 Å². The third kappa shape index (κ3) is 6.13. The fraction of sp³-hybridized carbons (Fsp3) is 0.875. The molecule has 0 aliphatic heterocycles. The Labute approximate surface area is 108 Å². The molecule has 2 atom stereocenters. The molecule has 1 N–H and O–H groups in total. The first-order chi connectivity index (χ1) is 8.24. The van der Waals surface area contributed by atoms with E-state index in [1.54, 1.807) is 0 Å². The van der Waals surface area contributed by atoms with E-state index in [4.69, 9.17) is 6.42 Å². The number of nitrogens with one attached hydrogen (secondary N) is 1. The molecule has 0 amide bonds. The summed E-state index contributed by atoms with van der Waals surface area (Å²) in [6.45, 7) is 6.90. The number of hydrogen-bond acceptors (Lipinski definition) is 1. The molecule has 0 aromatic heterocycles. The van der Waals surface area contributed by atoms with E-state index >= 15 is 0 Å². The maximum absolute atomic E-state index is 5.40. The second-order valence-electron chi connectivity index (χ2n) is 5.95. The van der Waals surface area contributed by atoms with Crippen molar-refractivity contribution in [1.82, 2.24) is 5.32 Å². The topological polar surface area (TPSA) is 12.0 Å². The van der Waals surface area contributed by atoms with Crippen molar-refractivity contribution in [1.29, 1.82) is 0 Å². The van der Waals surface area contributed by atoms with Gasteiger partial charge in [0.2, 0.25) is 0 Å². The summed E-state index contributed by atoms with van der Waals surface area (Å²) in [7, 11) is 0. The highest BCUT2D eigenvalue weighted by Crippen LogP contribution is 2.31. The third-order valence-electron chi connectivity index (χ3n) is 3.94. The molecule has 0 bridgehead atoms. The molecule has 1 aliphatic carbocycles. The predicted molar refractivity (Wildman–Crippen MR) is 75.8 cm³/mol. The van der Waals surface area contributed by atoms with Gasteiger partial charge in [-0.15, -0.1) is 12.3 Å². The van der Waals surface area contributed by atoms with Crippen LogP contribution in [0.3, 0.4) is 0 Å². The lowest BCUT2D eigenvalue weighted by molar-refractivity contribution is 0.282. The Morgan fingerprint density at radius 1 is 1.18 bits per heavy atom. The zero-order chi connectivity index (χ0) is 12.5. The summed E-state index contributed by atoms with van der Waals surface area (Å²) in [6.07, 6.45) is 14.7. The molecule has 0 aromatic rings. The van der Waals surface area contributed by atoms with E-state index in [1.807, 2.05) is 0 Å². The molecule has 0 heterocycles. The van der Waals surface area contributed by atoms with Crippen molar-refractivity contribution in [3.05, 3.63) is 0 Å². The summed E-state index contributed by atoms with van der Waals surface area (Å²) < 4.78 is 0. The van der Waals surface area contributed by atoms with E-state index in [0.717, 1.165) is 30.7 Å². The maximum Gasteiger partial charge on any atom is 0.00888 e. The molecular weight excluding hydrogens is 206 g/mol. The summed E-state index contributed by atoms with van der Waals surface area (Å²) in [6, 6.07) is 0. The number of terminal acetylenes is 1. The molecule has 1 fully saturated rings. The third-order valence-corrected chi connectivity index (χ3v) is 3.94. The predicted octanol–water partition coefficient (Wildman–Crippen LogP) is 3.84. The van der Waals surface area contributed by atoms with Gasteiger partial charge in [0, 0.05) is 6.42 Å². The minimum Gasteiger partial charge on any atom is -0.316 e. The van der Waals surface area contributed by atoms with Crippen molar-refractivity contribution in [3.8, 4) is 12.3 Å². The average molecular weight is 235 g/mol. The van der Waals surface area contributed by atoms with Crippen LogP contribution in [0.15, 0.2) is 0 Å². The highest BCUT2D eigenvalue weighted by molar-refractivity contribution is 4.86. The Hall–Kier alpha value is -0.480. The summed E-state index contributed by atoms with van der Waals surface area (Å²) in [5.74, 6) is 5.30. The summed E-state index contributed by atoms with van der Waals surface area (Å²) in [4.78, 5) is 0. The van der Waals surface area contributed by atoms with Crippen LogP contribution in [0, 0.1) is 30.1 Å². The van der Waals surface area contributed by atoms with E-state index in [0.29, 0.717) is 0 Å². The molecule has 17 heavy (non-hydrogen) atoms. The van der Waals surface area contributed by atoms with Crippen LogP contribution in [0.2, 0.25) is 0 Å². The lowest BCUT2D eigenvalue weighted by Crippen LogP contribution is -2.30. The Morgan fingerprint density at radius 3 is 2.53 bits per heavy atom. The molecule has 1 saturated carbocycles. The Balaban J connectivity index is 2.36. The van der Waals surface area contributed by atoms with Gasteiger partial charge >= 0.3 is 0 Å². The van der Waals surface area contributed by atoms with Crippen LogP contribution in [0.25, 0.3) is 0 Å². The smallest absolute Gasteiger partial charge is 0.00888 e. The van der Waals surface area contributed by atoms with Gasteiger partial charge in [-0.1, -0.05) is 39.5 Å². The largest absolute Gasteiger partial charge is 0.316 e. The van der Waals surface area contributed by atoms with E-state index in [-0.39, 0.29) is 0 Å². The van der Waals surface area contributed by atoms with Crippen LogP contribution < -0.4 is 5.32 Å². The highest BCUT2D eigenvalue weighted by Gasteiger charge is 2.22. The minimum atomic E-state index is 0.755. The molecule has 0 spiro atoms. The Morgan fingerprint density at radius 2 is 1.88 bits per heavy atom. The van der Waals surface area contributed by atoms with Crippen molar-refractivity contribution >= 4 is 0 Å². The number of rotatable bonds is 6. The SMILES string of the molecule is C#CCCC1CCCCCC1CNCC(C)C. The van der Waals surface area contributed by atoms with Crippen LogP contribution in [0.5, 0.6) is 0 Å². The zero-order valence-corrected chi connectivity index (χ0v) is 11.7. The molecule has 98 valence electrons. The highest BCUT2D eigenvalue weighted by atomic mass is 14.9. The second-order valence-corrected chi connectivity index (χ2v) is 5.95. The summed E-state index contributed by atoms with van der Waals surface area (Å²) >= 11 is 0. The van der Waals surface area contributed by atoms with Crippen molar-refractivity contribution in [2.45, 2.75) is 58.8 Å². The van der Waals surface area contributed by atoms with Crippen molar-refractivity contribution in [3.63, 3.8) is 0 Å². The van der Waals surface area contributed by atoms with Gasteiger partial charge in [0.25, 0.3) is 0 Å². The van der Waals surface area contributed by atoms with Gasteiger partial charge in [-0.3, -0.25) is 0 Å². The van der Waals surface area contributed by atoms with Gasteiger partial charge < -0.3 is 5.32 Å². The standard InChI is InChI=1S/C16H29N/c1-4-5-9-15-10-7-6-8-11-16(15)13-17-12-14(2)3/h1,14-17H,5-13H2,2-3H3. The quantitative estimate of drug-likeness (QED) is 0.545. The molecule has 0 radical (unpaired) electrons. The molecule has 1 nitrogen and oxygen atoms in total. The first kappa shape index (κ1) is 14.6. The van der Waals surface area contributed by atoms with Gasteiger partial charge in [-0.2, -0.15) is 0 Å². The fourth-order valence-corrected chi connectivity index (χ4v) is 2.94. The van der Waals surface area contributed by atoms with Crippen molar-refractivity contribution in [2.75, 3.05) is 13.1 Å². The monoisotopic (exact) mass is 235 g/mol. The normalized spacial score (nSPS) is 25.5. The maximum atomic E-state index is 5.40. The van der Waals surface area contributed by atoms with Gasteiger partial charge in [-0.05, 0) is 43.7 Å². The Kier molecular flexibility index (Phi) is 7.37. The molecule has 0 saturated heterocycles. The number of hydrogen-bond donors (Lipinski definition) is 1. The van der Waals surface area contributed by atoms with Crippen LogP contribution in [-0.4, -0.2) is 13.1 Å². The van der Waals surface area contributed by atoms with Crippen molar-refractivity contribution in [2.24, 2.45) is 17.8 Å². The van der Waals surface area contributed by atoms with Gasteiger partial charge in [0.05, 0.1) is 0 Å². The molecular formula is C16H29N. The molecule has 0 aromatic carbocycles. The van der Waals surface area contributed by atoms with Gasteiger partial charge in [0.1, 0.15) is 0 Å². The minimum absolute atomic E-state index is 0.755. The first-order valence-corrected chi connectivity index (χ1v) is 7.38. The summed E-state index contributed by atoms with van der Waals surface area (Å²) in [5, 5.41) is 3.64. The second kappa shape index (κ2) is 8.59. The van der Waals surface area contributed by atoms with E-state index < -0.39 is 0 Å².